The van der Waals surface area contributed by atoms with E-state index in [0.29, 0.717) is 19.5 Å². The average Bonchev–Trinajstić information content (AvgIpc) is 2.47. The van der Waals surface area contributed by atoms with Crippen molar-refractivity contribution in [1.29, 1.82) is 0 Å². The largest absolute Gasteiger partial charge is 0.468 e. The Kier molecular flexibility index (Phi) is 5.49. The first kappa shape index (κ1) is 16.9. The van der Waals surface area contributed by atoms with Gasteiger partial charge in [0, 0.05) is 12.6 Å². The van der Waals surface area contributed by atoms with Crippen LogP contribution < -0.4 is 4.72 Å². The van der Waals surface area contributed by atoms with Gasteiger partial charge in [0.2, 0.25) is 10.0 Å². The zero-order valence-corrected chi connectivity index (χ0v) is 13.1. The first-order valence-electron chi connectivity index (χ1n) is 6.98. The molecule has 1 aromatic rings. The molecule has 122 valence electrons. The van der Waals surface area contributed by atoms with E-state index in [4.69, 9.17) is 0 Å². The minimum Gasteiger partial charge on any atom is -0.468 e. The summed E-state index contributed by atoms with van der Waals surface area (Å²) in [4.78, 5) is 13.0. The summed E-state index contributed by atoms with van der Waals surface area (Å²) in [5.74, 6) is -0.951. The third-order valence-electron chi connectivity index (χ3n) is 3.51. The fraction of sp³-hybridized carbons (Fsp3) is 0.500. The Morgan fingerprint density at radius 2 is 2.27 bits per heavy atom. The molecule has 1 atom stereocenters. The second-order valence-electron chi connectivity index (χ2n) is 5.23. The molecule has 6 nitrogen and oxygen atoms in total. The van der Waals surface area contributed by atoms with Gasteiger partial charge in [-0.1, -0.05) is 6.07 Å². The van der Waals surface area contributed by atoms with Crippen LogP contribution >= 0.6 is 0 Å². The van der Waals surface area contributed by atoms with Crippen LogP contribution in [0.5, 0.6) is 0 Å². The molecule has 1 aliphatic heterocycles. The van der Waals surface area contributed by atoms with E-state index in [1.165, 1.54) is 25.3 Å². The van der Waals surface area contributed by atoms with Crippen molar-refractivity contribution in [2.24, 2.45) is 0 Å². The number of ether oxygens (including phenoxy) is 1. The third-order valence-corrected chi connectivity index (χ3v) is 5.03. The van der Waals surface area contributed by atoms with Crippen molar-refractivity contribution < 1.29 is 22.3 Å². The van der Waals surface area contributed by atoms with Crippen molar-refractivity contribution in [3.05, 3.63) is 30.1 Å². The van der Waals surface area contributed by atoms with Gasteiger partial charge >= 0.3 is 5.97 Å². The van der Waals surface area contributed by atoms with E-state index in [-0.39, 0.29) is 23.5 Å². The second kappa shape index (κ2) is 7.17. The Hall–Kier alpha value is -1.51. The van der Waals surface area contributed by atoms with Crippen molar-refractivity contribution >= 4 is 16.0 Å². The maximum absolute atomic E-state index is 13.2. The summed E-state index contributed by atoms with van der Waals surface area (Å²) in [6.07, 6.45) is 1.44. The van der Waals surface area contributed by atoms with Crippen molar-refractivity contribution in [2.75, 3.05) is 26.7 Å². The standard InChI is InChI=1S/C14H19FN2O4S/c1-21-14(18)10-17-7-3-5-12(9-17)16-22(19,20)13-6-2-4-11(15)8-13/h2,4,6,8,12,16H,3,5,7,9-10H2,1H3. The number of likely N-dealkylation sites (tertiary alicyclic amines) is 1. The normalized spacial score (nSPS) is 19.8. The molecule has 8 heteroatoms. The minimum atomic E-state index is -3.77. The number of hydrogen-bond acceptors (Lipinski definition) is 5. The molecule has 1 aromatic carbocycles. The highest BCUT2D eigenvalue weighted by atomic mass is 32.2. The highest BCUT2D eigenvalue weighted by molar-refractivity contribution is 7.89. The lowest BCUT2D eigenvalue weighted by Gasteiger charge is -2.32. The molecule has 1 N–H and O–H groups in total. The molecular weight excluding hydrogens is 311 g/mol. The average molecular weight is 330 g/mol. The van der Waals surface area contributed by atoms with Crippen molar-refractivity contribution in [2.45, 2.75) is 23.8 Å². The molecule has 0 saturated carbocycles. The van der Waals surface area contributed by atoms with Gasteiger partial charge in [0.05, 0.1) is 18.6 Å². The molecule has 0 aliphatic carbocycles. The maximum Gasteiger partial charge on any atom is 0.319 e. The van der Waals surface area contributed by atoms with Crippen molar-refractivity contribution in [1.82, 2.24) is 9.62 Å². The number of halogens is 1. The lowest BCUT2D eigenvalue weighted by atomic mass is 10.1. The zero-order chi connectivity index (χ0) is 16.2. The van der Waals surface area contributed by atoms with Crippen LogP contribution in [0.25, 0.3) is 0 Å². The van der Waals surface area contributed by atoms with Crippen LogP contribution in [-0.4, -0.2) is 52.1 Å². The zero-order valence-electron chi connectivity index (χ0n) is 12.3. The van der Waals surface area contributed by atoms with Crippen LogP contribution in [0.4, 0.5) is 4.39 Å². The quantitative estimate of drug-likeness (QED) is 0.806. The molecule has 1 heterocycles. The van der Waals surface area contributed by atoms with Gasteiger partial charge < -0.3 is 4.74 Å². The first-order valence-corrected chi connectivity index (χ1v) is 8.46. The number of esters is 1. The van der Waals surface area contributed by atoms with Gasteiger partial charge in [0.1, 0.15) is 5.82 Å². The molecule has 22 heavy (non-hydrogen) atoms. The summed E-state index contributed by atoms with van der Waals surface area (Å²) in [5, 5.41) is 0. The third kappa shape index (κ3) is 4.49. The molecule has 1 fully saturated rings. The van der Waals surface area contributed by atoms with Crippen molar-refractivity contribution in [3.63, 3.8) is 0 Å². The number of methoxy groups -OCH3 is 1. The van der Waals surface area contributed by atoms with Gasteiger partial charge in [-0.2, -0.15) is 0 Å². The topological polar surface area (TPSA) is 75.7 Å². The Morgan fingerprint density at radius 3 is 2.95 bits per heavy atom. The van der Waals surface area contributed by atoms with Crippen LogP contribution in [-0.2, 0) is 19.6 Å². The van der Waals surface area contributed by atoms with Gasteiger partial charge in [0.25, 0.3) is 0 Å². The van der Waals surface area contributed by atoms with E-state index in [9.17, 15) is 17.6 Å². The van der Waals surface area contributed by atoms with Crippen LogP contribution in [0.15, 0.2) is 29.2 Å². The lowest BCUT2D eigenvalue weighted by Crippen LogP contribution is -2.48. The summed E-state index contributed by atoms with van der Waals surface area (Å²) >= 11 is 0. The van der Waals surface area contributed by atoms with Crippen LogP contribution in [0, 0.1) is 5.82 Å². The Morgan fingerprint density at radius 1 is 1.50 bits per heavy atom. The van der Waals surface area contributed by atoms with Crippen molar-refractivity contribution in [3.8, 4) is 0 Å². The number of rotatable bonds is 5. The van der Waals surface area contributed by atoms with E-state index >= 15 is 0 Å². The number of benzene rings is 1. The molecule has 2 rings (SSSR count). The summed E-state index contributed by atoms with van der Waals surface area (Å²) in [5.41, 5.74) is 0. The first-order chi connectivity index (χ1) is 10.4. The number of carbonyl (C=O) groups excluding carboxylic acids is 1. The van der Waals surface area contributed by atoms with E-state index in [0.717, 1.165) is 12.5 Å². The molecule has 0 bridgehead atoms. The van der Waals surface area contributed by atoms with Gasteiger partial charge in [-0.05, 0) is 37.6 Å². The number of hydrogen-bond donors (Lipinski definition) is 1. The highest BCUT2D eigenvalue weighted by Crippen LogP contribution is 2.15. The number of nitrogens with zero attached hydrogens (tertiary/aromatic N) is 1. The summed E-state index contributed by atoms with van der Waals surface area (Å²) in [6.45, 7) is 1.27. The minimum absolute atomic E-state index is 0.0995. The second-order valence-corrected chi connectivity index (χ2v) is 6.94. The number of carbonyl (C=O) groups is 1. The summed E-state index contributed by atoms with van der Waals surface area (Å²) in [6, 6.07) is 4.57. The van der Waals surface area contributed by atoms with Crippen LogP contribution in [0.3, 0.4) is 0 Å². The van der Waals surface area contributed by atoms with Crippen LogP contribution in [0.1, 0.15) is 12.8 Å². The monoisotopic (exact) mass is 330 g/mol. The van der Waals surface area contributed by atoms with E-state index in [1.54, 1.807) is 0 Å². The Labute approximate surface area is 129 Å². The number of sulfonamides is 1. The van der Waals surface area contributed by atoms with Gasteiger partial charge in [-0.3, -0.25) is 9.69 Å². The maximum atomic E-state index is 13.2. The van der Waals surface area contributed by atoms with E-state index < -0.39 is 15.8 Å². The highest BCUT2D eigenvalue weighted by Gasteiger charge is 2.26. The van der Waals surface area contributed by atoms with Gasteiger partial charge in [0.15, 0.2) is 0 Å². The number of piperidine rings is 1. The fourth-order valence-corrected chi connectivity index (χ4v) is 3.76. The van der Waals surface area contributed by atoms with Crippen LogP contribution in [0.2, 0.25) is 0 Å². The Balaban J connectivity index is 2.01. The molecule has 0 spiro atoms. The smallest absolute Gasteiger partial charge is 0.319 e. The molecule has 1 unspecified atom stereocenters. The predicted octanol–water partition coefficient (Wildman–Crippen LogP) is 0.741. The SMILES string of the molecule is COC(=O)CN1CCCC(NS(=O)(=O)c2cccc(F)c2)C1. The molecular formula is C14H19FN2O4S. The molecule has 1 aliphatic rings. The Bertz CT molecular complexity index is 635. The predicted molar refractivity (Wildman–Crippen MR) is 78.2 cm³/mol. The molecule has 0 radical (unpaired) electrons. The number of nitrogens with one attached hydrogen (secondary N) is 1. The molecule has 0 aromatic heterocycles. The molecule has 0 amide bonds. The van der Waals surface area contributed by atoms with Gasteiger partial charge in [-0.15, -0.1) is 0 Å². The van der Waals surface area contributed by atoms with E-state index in [1.807, 2.05) is 4.90 Å². The summed E-state index contributed by atoms with van der Waals surface area (Å²) < 4.78 is 44.9. The lowest BCUT2D eigenvalue weighted by molar-refractivity contribution is -0.142. The van der Waals surface area contributed by atoms with E-state index in [2.05, 4.69) is 9.46 Å². The summed E-state index contributed by atoms with van der Waals surface area (Å²) in [7, 11) is -2.46. The van der Waals surface area contributed by atoms with Gasteiger partial charge in [-0.25, -0.2) is 17.5 Å². The molecule has 1 saturated heterocycles. The fourth-order valence-electron chi connectivity index (χ4n) is 2.46.